The van der Waals surface area contributed by atoms with Crippen LogP contribution in [-0.4, -0.2) is 47.1 Å². The van der Waals surface area contributed by atoms with Gasteiger partial charge in [-0.2, -0.15) is 0 Å². The minimum Gasteiger partial charge on any atom is -0.497 e. The van der Waals surface area contributed by atoms with E-state index < -0.39 is 0 Å². The van der Waals surface area contributed by atoms with Crippen molar-refractivity contribution in [2.75, 3.05) is 26.7 Å². The SMILES string of the molecule is CCN(CC)C(CNC(=O)c1c[nH]c(=S)n1-c1ccc(F)cc1)c1cccc(OC)c1. The lowest BCUT2D eigenvalue weighted by Gasteiger charge is -2.30. The number of nitrogens with zero attached hydrogens (tertiary/aromatic N) is 2. The van der Waals surface area contributed by atoms with E-state index in [2.05, 4.69) is 29.0 Å². The zero-order valence-electron chi connectivity index (χ0n) is 17.9. The fourth-order valence-electron chi connectivity index (χ4n) is 3.63. The molecule has 164 valence electrons. The number of imidazole rings is 1. The topological polar surface area (TPSA) is 62.3 Å². The van der Waals surface area contributed by atoms with Crippen LogP contribution in [0.1, 0.15) is 35.9 Å². The van der Waals surface area contributed by atoms with Crippen LogP contribution in [0.15, 0.2) is 54.7 Å². The van der Waals surface area contributed by atoms with Crippen molar-refractivity contribution in [3.05, 3.63) is 76.6 Å². The lowest BCUT2D eigenvalue weighted by atomic mass is 10.0. The summed E-state index contributed by atoms with van der Waals surface area (Å²) in [4.78, 5) is 18.2. The Hall–Kier alpha value is -2.97. The van der Waals surface area contributed by atoms with E-state index in [-0.39, 0.29) is 17.8 Å². The first-order valence-corrected chi connectivity index (χ1v) is 10.6. The summed E-state index contributed by atoms with van der Waals surface area (Å²) in [6, 6.07) is 13.7. The molecule has 8 heteroatoms. The number of aromatic amines is 1. The maximum absolute atomic E-state index is 13.3. The monoisotopic (exact) mass is 442 g/mol. The largest absolute Gasteiger partial charge is 0.497 e. The number of benzene rings is 2. The Bertz CT molecular complexity index is 1070. The summed E-state index contributed by atoms with van der Waals surface area (Å²) < 4.78 is 20.7. The molecule has 0 saturated carbocycles. The number of aromatic nitrogens is 2. The summed E-state index contributed by atoms with van der Waals surface area (Å²) in [5.74, 6) is 0.158. The van der Waals surface area contributed by atoms with E-state index in [1.54, 1.807) is 30.0 Å². The van der Waals surface area contributed by atoms with Crippen LogP contribution in [0.25, 0.3) is 5.69 Å². The third-order valence-electron chi connectivity index (χ3n) is 5.28. The Labute approximate surface area is 186 Å². The molecular weight excluding hydrogens is 415 g/mol. The number of hydrogen-bond donors (Lipinski definition) is 2. The Morgan fingerprint density at radius 3 is 2.58 bits per heavy atom. The van der Waals surface area contributed by atoms with Crippen molar-refractivity contribution in [2.45, 2.75) is 19.9 Å². The van der Waals surface area contributed by atoms with E-state index in [9.17, 15) is 9.18 Å². The highest BCUT2D eigenvalue weighted by molar-refractivity contribution is 7.71. The number of methoxy groups -OCH3 is 1. The first kappa shape index (κ1) is 22.7. The standard InChI is InChI=1S/C23H27FN4O2S/c1-4-27(5-2)20(16-7-6-8-19(13-16)30-3)14-25-22(29)21-15-26-23(31)28(21)18-11-9-17(24)10-12-18/h6-13,15,20H,4-5,14H2,1-3H3,(H,25,29)(H,26,31). The molecule has 1 unspecified atom stereocenters. The van der Waals surface area contributed by atoms with E-state index in [1.807, 2.05) is 24.3 Å². The molecule has 3 rings (SSSR count). The number of amides is 1. The van der Waals surface area contributed by atoms with Gasteiger partial charge >= 0.3 is 0 Å². The third kappa shape index (κ3) is 5.21. The number of ether oxygens (including phenoxy) is 1. The van der Waals surface area contributed by atoms with Gasteiger partial charge in [-0.05, 0) is 67.3 Å². The molecule has 0 fully saturated rings. The van der Waals surface area contributed by atoms with Crippen molar-refractivity contribution in [2.24, 2.45) is 0 Å². The maximum atomic E-state index is 13.3. The lowest BCUT2D eigenvalue weighted by Crippen LogP contribution is -2.38. The van der Waals surface area contributed by atoms with Crippen molar-refractivity contribution in [3.8, 4) is 11.4 Å². The molecule has 6 nitrogen and oxygen atoms in total. The molecule has 0 aliphatic carbocycles. The van der Waals surface area contributed by atoms with Gasteiger partial charge in [0.05, 0.1) is 13.2 Å². The fourth-order valence-corrected chi connectivity index (χ4v) is 3.90. The fraction of sp³-hybridized carbons (Fsp3) is 0.304. The van der Waals surface area contributed by atoms with Crippen molar-refractivity contribution in [1.82, 2.24) is 19.8 Å². The van der Waals surface area contributed by atoms with Crippen molar-refractivity contribution < 1.29 is 13.9 Å². The highest BCUT2D eigenvalue weighted by Gasteiger charge is 2.21. The van der Waals surface area contributed by atoms with Crippen molar-refractivity contribution in [3.63, 3.8) is 0 Å². The molecule has 1 heterocycles. The minimum absolute atomic E-state index is 0.0183. The third-order valence-corrected chi connectivity index (χ3v) is 5.58. The average Bonchev–Trinajstić information content (AvgIpc) is 3.18. The van der Waals surface area contributed by atoms with E-state index >= 15 is 0 Å². The lowest BCUT2D eigenvalue weighted by molar-refractivity contribution is 0.0928. The summed E-state index contributed by atoms with van der Waals surface area (Å²) in [6.45, 7) is 6.27. The number of hydrogen-bond acceptors (Lipinski definition) is 4. The van der Waals surface area contributed by atoms with Gasteiger partial charge in [0, 0.05) is 18.4 Å². The van der Waals surface area contributed by atoms with Gasteiger partial charge in [-0.25, -0.2) is 4.39 Å². The highest BCUT2D eigenvalue weighted by Crippen LogP contribution is 2.24. The second-order valence-electron chi connectivity index (χ2n) is 7.01. The van der Waals surface area contributed by atoms with Crippen LogP contribution in [0.4, 0.5) is 4.39 Å². The van der Waals surface area contributed by atoms with Gasteiger partial charge in [0.2, 0.25) is 0 Å². The molecule has 0 aliphatic heterocycles. The Morgan fingerprint density at radius 1 is 1.23 bits per heavy atom. The zero-order valence-corrected chi connectivity index (χ0v) is 18.7. The second kappa shape index (κ2) is 10.4. The van der Waals surface area contributed by atoms with Gasteiger partial charge in [0.25, 0.3) is 5.91 Å². The number of H-pyrrole nitrogens is 1. The molecule has 1 atom stereocenters. The summed E-state index contributed by atoms with van der Waals surface area (Å²) in [5, 5.41) is 3.04. The van der Waals surface area contributed by atoms with Gasteiger partial charge in [0.1, 0.15) is 17.3 Å². The summed E-state index contributed by atoms with van der Waals surface area (Å²) in [6.07, 6.45) is 1.57. The molecule has 0 radical (unpaired) electrons. The summed E-state index contributed by atoms with van der Waals surface area (Å²) in [5.41, 5.74) is 2.04. The van der Waals surface area contributed by atoms with E-state index in [0.717, 1.165) is 24.4 Å². The molecule has 0 saturated heterocycles. The van der Waals surface area contributed by atoms with Gasteiger partial charge in [0.15, 0.2) is 4.77 Å². The van der Waals surface area contributed by atoms with Crippen LogP contribution < -0.4 is 10.1 Å². The number of likely N-dealkylation sites (N-methyl/N-ethyl adjacent to an activating group) is 1. The van der Waals surface area contributed by atoms with E-state index in [0.29, 0.717) is 22.7 Å². The normalized spacial score (nSPS) is 12.0. The number of carbonyl (C=O) groups excluding carboxylic acids is 1. The first-order chi connectivity index (χ1) is 15.0. The van der Waals surface area contributed by atoms with Crippen LogP contribution in [0.3, 0.4) is 0 Å². The summed E-state index contributed by atoms with van der Waals surface area (Å²) in [7, 11) is 1.64. The number of halogens is 1. The zero-order chi connectivity index (χ0) is 22.4. The van der Waals surface area contributed by atoms with Gasteiger partial charge < -0.3 is 15.0 Å². The molecule has 2 N–H and O–H groups in total. The van der Waals surface area contributed by atoms with Crippen LogP contribution in [0.5, 0.6) is 5.75 Å². The van der Waals surface area contributed by atoms with Crippen LogP contribution in [0, 0.1) is 10.6 Å². The molecule has 2 aromatic carbocycles. The highest BCUT2D eigenvalue weighted by atomic mass is 32.1. The molecule has 3 aromatic rings. The molecule has 0 aliphatic rings. The molecule has 1 aromatic heterocycles. The predicted octanol–water partition coefficient (Wildman–Crippen LogP) is 4.50. The van der Waals surface area contributed by atoms with E-state index in [4.69, 9.17) is 17.0 Å². The molecule has 31 heavy (non-hydrogen) atoms. The Morgan fingerprint density at radius 2 is 1.94 bits per heavy atom. The molecular formula is C23H27FN4O2S. The van der Waals surface area contributed by atoms with E-state index in [1.165, 1.54) is 12.1 Å². The van der Waals surface area contributed by atoms with Crippen molar-refractivity contribution in [1.29, 1.82) is 0 Å². The maximum Gasteiger partial charge on any atom is 0.269 e. The van der Waals surface area contributed by atoms with Crippen molar-refractivity contribution >= 4 is 18.1 Å². The molecule has 0 bridgehead atoms. The quantitative estimate of drug-likeness (QED) is 0.479. The van der Waals surface area contributed by atoms with Gasteiger partial charge in [-0.3, -0.25) is 14.3 Å². The van der Waals surface area contributed by atoms with Crippen LogP contribution in [-0.2, 0) is 0 Å². The number of rotatable bonds is 9. The average molecular weight is 443 g/mol. The first-order valence-electron chi connectivity index (χ1n) is 10.2. The summed E-state index contributed by atoms with van der Waals surface area (Å²) >= 11 is 5.34. The second-order valence-corrected chi connectivity index (χ2v) is 7.40. The number of nitrogens with one attached hydrogen (secondary N) is 2. The van der Waals surface area contributed by atoms with Gasteiger partial charge in [-0.1, -0.05) is 26.0 Å². The van der Waals surface area contributed by atoms with Crippen LogP contribution >= 0.6 is 12.2 Å². The molecule has 1 amide bonds. The predicted molar refractivity (Wildman–Crippen MR) is 122 cm³/mol. The smallest absolute Gasteiger partial charge is 0.269 e. The molecule has 0 spiro atoms. The Kier molecular flexibility index (Phi) is 7.59. The Balaban J connectivity index is 1.85. The minimum atomic E-state index is -0.350. The number of carbonyl (C=O) groups is 1. The van der Waals surface area contributed by atoms with Gasteiger partial charge in [-0.15, -0.1) is 0 Å². The van der Waals surface area contributed by atoms with Crippen LogP contribution in [0.2, 0.25) is 0 Å².